The maximum atomic E-state index is 13.6. The van der Waals surface area contributed by atoms with E-state index in [0.717, 1.165) is 12.1 Å². The molecule has 1 fully saturated rings. The van der Waals surface area contributed by atoms with Crippen LogP contribution in [0.4, 0.5) is 10.2 Å². The molecule has 0 radical (unpaired) electrons. The molecule has 32 heavy (non-hydrogen) atoms. The Hall–Kier alpha value is -3.24. The number of aliphatic hydroxyl groups is 2. The lowest BCUT2D eigenvalue weighted by atomic mass is 10.1. The Balaban J connectivity index is 1.48. The van der Waals surface area contributed by atoms with Crippen LogP contribution in [0.5, 0.6) is 0 Å². The summed E-state index contributed by atoms with van der Waals surface area (Å²) in [6.07, 6.45) is -3.14. The van der Waals surface area contributed by atoms with Gasteiger partial charge in [-0.15, -0.1) is 0 Å². The van der Waals surface area contributed by atoms with Gasteiger partial charge in [0.25, 0.3) is 0 Å². The number of fused-ring (bicyclic) bond motifs is 1. The Morgan fingerprint density at radius 2 is 2.03 bits per heavy atom. The van der Waals surface area contributed by atoms with Crippen LogP contribution in [0.1, 0.15) is 11.8 Å². The molecule has 4 rings (SSSR count). The Kier molecular flexibility index (Phi) is 5.74. The topological polar surface area (TPSA) is 198 Å². The maximum Gasteiger partial charge on any atom is 0.380 e. The molecule has 0 saturated carbocycles. The van der Waals surface area contributed by atoms with Crippen LogP contribution in [-0.4, -0.2) is 69.0 Å². The molecule has 2 unspecified atom stereocenters. The predicted molar refractivity (Wildman–Crippen MR) is 103 cm³/mol. The smallest absolute Gasteiger partial charge is 0.380 e. The summed E-state index contributed by atoms with van der Waals surface area (Å²) in [5.74, 6) is -2.22. The van der Waals surface area contributed by atoms with Gasteiger partial charge in [0.2, 0.25) is 0 Å². The highest BCUT2D eigenvalue weighted by Crippen LogP contribution is 2.32. The van der Waals surface area contributed by atoms with Crippen LogP contribution in [0.25, 0.3) is 11.2 Å². The van der Waals surface area contributed by atoms with Gasteiger partial charge < -0.3 is 25.8 Å². The third-order valence-electron chi connectivity index (χ3n) is 4.68. The van der Waals surface area contributed by atoms with E-state index in [1.165, 1.54) is 29.4 Å². The van der Waals surface area contributed by atoms with E-state index in [0.29, 0.717) is 0 Å². The summed E-state index contributed by atoms with van der Waals surface area (Å²) in [6.45, 7) is -0.783. The minimum atomic E-state index is -4.81. The first-order valence-corrected chi connectivity index (χ1v) is 10.4. The first-order valence-electron chi connectivity index (χ1n) is 9.04. The fourth-order valence-electron chi connectivity index (χ4n) is 3.12. The van der Waals surface area contributed by atoms with Crippen molar-refractivity contribution in [2.24, 2.45) is 4.40 Å². The summed E-state index contributed by atoms with van der Waals surface area (Å²) in [4.78, 5) is 11.8. The predicted octanol–water partition coefficient (Wildman–Crippen LogP) is -1.76. The largest absolute Gasteiger partial charge is 0.857 e. The number of aromatic nitrogens is 4. The summed E-state index contributed by atoms with van der Waals surface area (Å²) in [5.41, 5.74) is 5.62. The second kappa shape index (κ2) is 8.36. The molecule has 0 amide bonds. The van der Waals surface area contributed by atoms with Crippen molar-refractivity contribution >= 4 is 33.2 Å². The molecule has 170 valence electrons. The average molecular weight is 467 g/mol. The van der Waals surface area contributed by atoms with E-state index < -0.39 is 58.7 Å². The normalized spacial score (nSPS) is 24.3. The number of halogens is 1. The fraction of sp³-hybridized carbons (Fsp3) is 0.294. The molecular formula is C17H16FN6O7S-. The Morgan fingerprint density at radius 1 is 1.28 bits per heavy atom. The number of benzene rings is 1. The summed E-state index contributed by atoms with van der Waals surface area (Å²) >= 11 is 0. The maximum absolute atomic E-state index is 13.6. The molecule has 1 aromatic carbocycles. The number of anilines is 1. The number of ether oxygens (including phenoxy) is 1. The van der Waals surface area contributed by atoms with Crippen molar-refractivity contribution < 1.29 is 37.0 Å². The zero-order valence-electron chi connectivity index (χ0n) is 16.0. The zero-order chi connectivity index (χ0) is 23.0. The lowest BCUT2D eigenvalue weighted by Gasteiger charge is -2.16. The number of hydrogen-bond acceptors (Lipinski definition) is 11. The number of nitrogens with zero attached hydrogens (tertiary/aromatic N) is 5. The first-order chi connectivity index (χ1) is 15.2. The van der Waals surface area contributed by atoms with E-state index in [1.807, 2.05) is 0 Å². The summed E-state index contributed by atoms with van der Waals surface area (Å²) in [5, 5.41) is 32.6. The lowest BCUT2D eigenvalue weighted by Crippen LogP contribution is -2.34. The van der Waals surface area contributed by atoms with E-state index in [9.17, 15) is 28.1 Å². The number of hydrogen-bond donors (Lipinski definition) is 3. The van der Waals surface area contributed by atoms with Crippen molar-refractivity contribution in [2.75, 3.05) is 12.3 Å². The van der Waals surface area contributed by atoms with E-state index in [4.69, 9.17) is 10.5 Å². The molecule has 1 aliphatic rings. The van der Waals surface area contributed by atoms with Crippen LogP contribution in [-0.2, 0) is 19.2 Å². The Bertz CT molecular complexity index is 1280. The zero-order valence-corrected chi connectivity index (χ0v) is 16.8. The molecule has 13 nitrogen and oxygen atoms in total. The monoisotopic (exact) mass is 467 g/mol. The molecule has 1 aliphatic heterocycles. The van der Waals surface area contributed by atoms with Gasteiger partial charge in [-0.25, -0.2) is 23.5 Å². The first kappa shape index (κ1) is 22.0. The standard InChI is InChI=1S/C17H17FN6O7S/c18-9-4-2-1-3-8(9)16(27)23-32(28,29)30-5-10-12(25)13(26)17(31-10)24-7-22-11-14(19)20-6-21-15(11)24/h1-4,6-7,10,12-13,17,25-26H,5H2,(H,23,27)(H2,19,20,21)/p-1/t10?,12-,13-,17?/m1/s1. The van der Waals surface area contributed by atoms with E-state index in [-0.39, 0.29) is 17.0 Å². The Labute approximate surface area is 179 Å². The van der Waals surface area contributed by atoms with Gasteiger partial charge in [0.15, 0.2) is 17.7 Å². The van der Waals surface area contributed by atoms with E-state index in [1.54, 1.807) is 0 Å². The fourth-order valence-corrected chi connectivity index (χ4v) is 3.78. The van der Waals surface area contributed by atoms with Crippen LogP contribution in [0, 0.1) is 5.82 Å². The molecule has 2 aromatic heterocycles. The SMILES string of the molecule is Nc1ncnc2c1ncn2C1OC(COS(=O)(=O)/N=C(\[O-])c2ccccc2F)[C@@H](O)[C@H]1O. The van der Waals surface area contributed by atoms with Gasteiger partial charge in [0.1, 0.15) is 36.0 Å². The molecule has 1 saturated heterocycles. The van der Waals surface area contributed by atoms with Gasteiger partial charge in [-0.2, -0.15) is 12.8 Å². The van der Waals surface area contributed by atoms with E-state index >= 15 is 0 Å². The van der Waals surface area contributed by atoms with Gasteiger partial charge >= 0.3 is 10.3 Å². The third-order valence-corrected chi connectivity index (χ3v) is 5.50. The second-order valence-electron chi connectivity index (χ2n) is 6.72. The summed E-state index contributed by atoms with van der Waals surface area (Å²) in [6, 6.07) is 4.69. The number of nitrogens with two attached hydrogens (primary N) is 1. The number of nitrogen functional groups attached to an aromatic ring is 1. The van der Waals surface area contributed by atoms with Crippen molar-refractivity contribution in [2.45, 2.75) is 24.5 Å². The highest BCUT2D eigenvalue weighted by Gasteiger charge is 2.45. The molecule has 3 heterocycles. The van der Waals surface area contributed by atoms with Crippen molar-refractivity contribution in [3.05, 3.63) is 48.3 Å². The molecule has 0 spiro atoms. The van der Waals surface area contributed by atoms with Gasteiger partial charge in [-0.1, -0.05) is 18.2 Å². The molecule has 4 N–H and O–H groups in total. The Morgan fingerprint density at radius 3 is 2.78 bits per heavy atom. The lowest BCUT2D eigenvalue weighted by molar-refractivity contribution is -0.212. The summed E-state index contributed by atoms with van der Waals surface area (Å²) < 4.78 is 52.0. The minimum absolute atomic E-state index is 0.0916. The molecule has 0 bridgehead atoms. The van der Waals surface area contributed by atoms with Crippen molar-refractivity contribution in [1.29, 1.82) is 0 Å². The molecule has 4 atom stereocenters. The van der Waals surface area contributed by atoms with Gasteiger partial charge in [-0.3, -0.25) is 4.57 Å². The van der Waals surface area contributed by atoms with Crippen molar-refractivity contribution in [3.63, 3.8) is 0 Å². The highest BCUT2D eigenvalue weighted by molar-refractivity contribution is 7.85. The molecule has 3 aromatic rings. The number of aliphatic hydroxyl groups excluding tert-OH is 2. The number of imidazole rings is 1. The van der Waals surface area contributed by atoms with Crippen LogP contribution >= 0.6 is 0 Å². The van der Waals surface area contributed by atoms with Crippen LogP contribution in [0.3, 0.4) is 0 Å². The summed E-state index contributed by atoms with van der Waals surface area (Å²) in [7, 11) is -4.81. The number of rotatable bonds is 6. The van der Waals surface area contributed by atoms with Crippen LogP contribution in [0.15, 0.2) is 41.3 Å². The highest BCUT2D eigenvalue weighted by atomic mass is 32.2. The molecule has 15 heteroatoms. The van der Waals surface area contributed by atoms with Crippen molar-refractivity contribution in [1.82, 2.24) is 19.5 Å². The van der Waals surface area contributed by atoms with Crippen LogP contribution in [0.2, 0.25) is 0 Å². The molecule has 0 aliphatic carbocycles. The van der Waals surface area contributed by atoms with Gasteiger partial charge in [-0.05, 0) is 6.07 Å². The van der Waals surface area contributed by atoms with Crippen LogP contribution < -0.4 is 10.8 Å². The second-order valence-corrected chi connectivity index (χ2v) is 7.99. The van der Waals surface area contributed by atoms with Crippen molar-refractivity contribution in [3.8, 4) is 0 Å². The van der Waals surface area contributed by atoms with Gasteiger partial charge in [0.05, 0.1) is 12.9 Å². The van der Waals surface area contributed by atoms with E-state index in [2.05, 4.69) is 23.5 Å². The minimum Gasteiger partial charge on any atom is -0.857 e. The van der Waals surface area contributed by atoms with Gasteiger partial charge in [0, 0.05) is 11.5 Å². The average Bonchev–Trinajstić information content (AvgIpc) is 3.29. The molecular weight excluding hydrogens is 451 g/mol. The quantitative estimate of drug-likeness (QED) is 0.274. The third kappa shape index (κ3) is 4.11.